The van der Waals surface area contributed by atoms with Crippen LogP contribution in [0.15, 0.2) is 28.9 Å². The third-order valence-electron chi connectivity index (χ3n) is 4.59. The average Bonchev–Trinajstić information content (AvgIpc) is 3.12. The summed E-state index contributed by atoms with van der Waals surface area (Å²) in [6.07, 6.45) is 4.30. The molecule has 1 fully saturated rings. The minimum absolute atomic E-state index is 0.00594. The molecular formula is C18H19N3O4. The van der Waals surface area contributed by atoms with E-state index in [0.29, 0.717) is 37.6 Å². The summed E-state index contributed by atoms with van der Waals surface area (Å²) >= 11 is 0. The highest BCUT2D eigenvalue weighted by Crippen LogP contribution is 2.28. The fourth-order valence-corrected chi connectivity index (χ4v) is 3.17. The number of aryl methyl sites for hydroxylation is 1. The van der Waals surface area contributed by atoms with Crippen molar-refractivity contribution >= 4 is 23.2 Å². The van der Waals surface area contributed by atoms with Crippen molar-refractivity contribution in [1.82, 2.24) is 4.98 Å². The molecule has 0 unspecified atom stereocenters. The molecule has 0 saturated carbocycles. The maximum absolute atomic E-state index is 12.4. The van der Waals surface area contributed by atoms with E-state index in [4.69, 9.17) is 9.15 Å². The van der Waals surface area contributed by atoms with Crippen LogP contribution in [0.25, 0.3) is 0 Å². The highest BCUT2D eigenvalue weighted by atomic mass is 16.5. The van der Waals surface area contributed by atoms with Crippen LogP contribution in [0.1, 0.15) is 47.1 Å². The molecule has 1 saturated heterocycles. The van der Waals surface area contributed by atoms with Gasteiger partial charge in [0.25, 0.3) is 5.91 Å². The molecule has 2 aliphatic heterocycles. The molecular weight excluding hydrogens is 322 g/mol. The summed E-state index contributed by atoms with van der Waals surface area (Å²) in [5.41, 5.74) is 2.68. The van der Waals surface area contributed by atoms with Crippen LogP contribution in [0.5, 0.6) is 0 Å². The highest BCUT2D eigenvalue weighted by Gasteiger charge is 2.23. The second-order valence-corrected chi connectivity index (χ2v) is 6.33. The zero-order chi connectivity index (χ0) is 17.2. The van der Waals surface area contributed by atoms with Gasteiger partial charge in [0.1, 0.15) is 6.26 Å². The lowest BCUT2D eigenvalue weighted by atomic mass is 10.0. The van der Waals surface area contributed by atoms with Gasteiger partial charge in [-0.25, -0.2) is 4.98 Å². The van der Waals surface area contributed by atoms with Crippen LogP contribution < -0.4 is 10.6 Å². The van der Waals surface area contributed by atoms with Gasteiger partial charge in [0.05, 0.1) is 0 Å². The Hall–Kier alpha value is -2.67. The number of benzene rings is 1. The maximum Gasteiger partial charge on any atom is 0.277 e. The number of aromatic nitrogens is 1. The summed E-state index contributed by atoms with van der Waals surface area (Å²) in [5, 5.41) is 5.63. The molecule has 2 N–H and O–H groups in total. The number of hydrogen-bond donors (Lipinski definition) is 2. The topological polar surface area (TPSA) is 93.5 Å². The first kappa shape index (κ1) is 15.8. The van der Waals surface area contributed by atoms with Gasteiger partial charge in [0, 0.05) is 36.9 Å². The van der Waals surface area contributed by atoms with E-state index in [-0.39, 0.29) is 23.4 Å². The summed E-state index contributed by atoms with van der Waals surface area (Å²) in [5.74, 6) is 0.457. The van der Waals surface area contributed by atoms with Crippen LogP contribution in [0.4, 0.5) is 11.4 Å². The smallest absolute Gasteiger partial charge is 0.277 e. The molecule has 0 spiro atoms. The van der Waals surface area contributed by atoms with E-state index < -0.39 is 0 Å². The summed E-state index contributed by atoms with van der Waals surface area (Å²) < 4.78 is 10.8. The lowest BCUT2D eigenvalue weighted by Gasteiger charge is -2.18. The minimum atomic E-state index is -0.329. The maximum atomic E-state index is 12.4. The number of oxazole rings is 1. The molecule has 2 amide bonds. The molecule has 0 atom stereocenters. The van der Waals surface area contributed by atoms with Crippen LogP contribution in [-0.4, -0.2) is 30.0 Å². The van der Waals surface area contributed by atoms with Crippen LogP contribution in [0.2, 0.25) is 0 Å². The molecule has 1 aromatic carbocycles. The number of carbonyl (C=O) groups is 2. The number of nitrogens with zero attached hydrogens (tertiary/aromatic N) is 1. The molecule has 130 valence electrons. The minimum Gasteiger partial charge on any atom is -0.448 e. The number of amides is 2. The van der Waals surface area contributed by atoms with Crippen LogP contribution in [0.3, 0.4) is 0 Å². The number of hydrogen-bond acceptors (Lipinski definition) is 5. The summed E-state index contributed by atoms with van der Waals surface area (Å²) in [6.45, 7) is 1.38. The number of carbonyl (C=O) groups excluding carboxylic acids is 2. The van der Waals surface area contributed by atoms with E-state index in [1.165, 1.54) is 6.26 Å². The third-order valence-corrected chi connectivity index (χ3v) is 4.59. The Morgan fingerprint density at radius 3 is 2.92 bits per heavy atom. The molecule has 3 heterocycles. The SMILES string of the molecule is O=C1CCc2ccc(NC(=O)c3coc(C4CCOCC4)n3)cc2N1. The average molecular weight is 341 g/mol. The fourth-order valence-electron chi connectivity index (χ4n) is 3.17. The van der Waals surface area contributed by atoms with Crippen molar-refractivity contribution in [3.8, 4) is 0 Å². The Labute approximate surface area is 144 Å². The Kier molecular flexibility index (Phi) is 4.23. The lowest BCUT2D eigenvalue weighted by Crippen LogP contribution is -2.19. The normalized spacial score (nSPS) is 17.7. The van der Waals surface area contributed by atoms with E-state index in [0.717, 1.165) is 24.1 Å². The van der Waals surface area contributed by atoms with Crippen molar-refractivity contribution in [3.05, 3.63) is 41.6 Å². The van der Waals surface area contributed by atoms with E-state index in [9.17, 15) is 9.59 Å². The largest absolute Gasteiger partial charge is 0.448 e. The van der Waals surface area contributed by atoms with Crippen molar-refractivity contribution in [3.63, 3.8) is 0 Å². The summed E-state index contributed by atoms with van der Waals surface area (Å²) in [4.78, 5) is 28.2. The number of rotatable bonds is 3. The van der Waals surface area contributed by atoms with Gasteiger partial charge >= 0.3 is 0 Å². The predicted octanol–water partition coefficient (Wildman–Crippen LogP) is 2.71. The summed E-state index contributed by atoms with van der Waals surface area (Å²) in [6, 6.07) is 5.51. The molecule has 0 aliphatic carbocycles. The van der Waals surface area contributed by atoms with Gasteiger partial charge in [0.2, 0.25) is 5.91 Å². The number of nitrogens with one attached hydrogen (secondary N) is 2. The zero-order valence-electron chi connectivity index (χ0n) is 13.7. The molecule has 1 aromatic heterocycles. The number of anilines is 2. The van der Waals surface area contributed by atoms with Crippen molar-refractivity contribution in [1.29, 1.82) is 0 Å². The van der Waals surface area contributed by atoms with Gasteiger partial charge in [-0.15, -0.1) is 0 Å². The second kappa shape index (κ2) is 6.68. The van der Waals surface area contributed by atoms with Crippen LogP contribution in [-0.2, 0) is 16.0 Å². The first-order valence-corrected chi connectivity index (χ1v) is 8.46. The fraction of sp³-hybridized carbons (Fsp3) is 0.389. The van der Waals surface area contributed by atoms with Gasteiger partial charge in [-0.2, -0.15) is 0 Å². The molecule has 2 aromatic rings. The van der Waals surface area contributed by atoms with E-state index in [1.807, 2.05) is 12.1 Å². The molecule has 7 nitrogen and oxygen atoms in total. The molecule has 4 rings (SSSR count). The van der Waals surface area contributed by atoms with E-state index in [2.05, 4.69) is 15.6 Å². The Morgan fingerprint density at radius 2 is 2.08 bits per heavy atom. The Balaban J connectivity index is 1.46. The second-order valence-electron chi connectivity index (χ2n) is 6.33. The monoisotopic (exact) mass is 341 g/mol. The number of ether oxygens (including phenoxy) is 1. The van der Waals surface area contributed by atoms with Crippen molar-refractivity contribution in [2.45, 2.75) is 31.6 Å². The van der Waals surface area contributed by atoms with Crippen LogP contribution in [0, 0.1) is 0 Å². The zero-order valence-corrected chi connectivity index (χ0v) is 13.7. The van der Waals surface area contributed by atoms with E-state index >= 15 is 0 Å². The molecule has 0 bridgehead atoms. The van der Waals surface area contributed by atoms with Crippen molar-refractivity contribution in [2.24, 2.45) is 0 Å². The van der Waals surface area contributed by atoms with E-state index in [1.54, 1.807) is 6.07 Å². The molecule has 25 heavy (non-hydrogen) atoms. The van der Waals surface area contributed by atoms with Gasteiger partial charge in [-0.1, -0.05) is 6.07 Å². The molecule has 2 aliphatic rings. The first-order chi connectivity index (χ1) is 12.2. The van der Waals surface area contributed by atoms with Crippen LogP contribution >= 0.6 is 0 Å². The quantitative estimate of drug-likeness (QED) is 0.895. The molecule has 7 heteroatoms. The Morgan fingerprint density at radius 1 is 1.24 bits per heavy atom. The van der Waals surface area contributed by atoms with Gasteiger partial charge in [-0.05, 0) is 37.0 Å². The predicted molar refractivity (Wildman–Crippen MR) is 90.6 cm³/mol. The third kappa shape index (κ3) is 3.41. The van der Waals surface area contributed by atoms with Gasteiger partial charge in [0.15, 0.2) is 11.6 Å². The molecule has 0 radical (unpaired) electrons. The summed E-state index contributed by atoms with van der Waals surface area (Å²) in [7, 11) is 0. The lowest BCUT2D eigenvalue weighted by molar-refractivity contribution is -0.116. The first-order valence-electron chi connectivity index (χ1n) is 8.46. The highest BCUT2D eigenvalue weighted by molar-refractivity contribution is 6.03. The van der Waals surface area contributed by atoms with Gasteiger partial charge in [-0.3, -0.25) is 9.59 Å². The number of fused-ring (bicyclic) bond motifs is 1. The van der Waals surface area contributed by atoms with Crippen molar-refractivity contribution < 1.29 is 18.7 Å². The van der Waals surface area contributed by atoms with Crippen molar-refractivity contribution in [2.75, 3.05) is 23.8 Å². The van der Waals surface area contributed by atoms with Gasteiger partial charge < -0.3 is 19.8 Å². The Bertz CT molecular complexity index is 808. The standard InChI is InChI=1S/C18H19N3O4/c22-16-4-2-11-1-3-13(9-14(11)20-16)19-17(23)15-10-25-18(21-15)12-5-7-24-8-6-12/h1,3,9-10,12H,2,4-8H2,(H,19,23)(H,20,22).